The Labute approximate surface area is 325 Å². The molecule has 0 aliphatic rings. The molecule has 0 fully saturated rings. The van der Waals surface area contributed by atoms with Crippen LogP contribution in [0.4, 0.5) is 0 Å². The molecule has 6 aromatic carbocycles. The second-order valence-corrected chi connectivity index (χ2v) is 20.1. The summed E-state index contributed by atoms with van der Waals surface area (Å²) in [6, 6.07) is 38.4. The summed E-state index contributed by atoms with van der Waals surface area (Å²) in [5, 5.41) is 5.52. The number of rotatable bonds is 4. The van der Waals surface area contributed by atoms with Crippen molar-refractivity contribution < 1.29 is 20.8 Å². The fourth-order valence-corrected chi connectivity index (χ4v) is 6.38. The first kappa shape index (κ1) is 42.2. The van der Waals surface area contributed by atoms with E-state index in [1.807, 2.05) is 0 Å². The fourth-order valence-electron chi connectivity index (χ4n) is 6.38. The monoisotopic (exact) mass is 796 g/mol. The molecule has 0 N–H and O–H groups in total. The van der Waals surface area contributed by atoms with E-state index in [9.17, 15) is 0 Å². The van der Waals surface area contributed by atoms with Crippen LogP contribution in [0.25, 0.3) is 43.8 Å². The molecule has 4 heteroatoms. The van der Waals surface area contributed by atoms with Crippen molar-refractivity contribution in [3.63, 3.8) is 0 Å². The molecule has 0 bridgehead atoms. The second-order valence-electron chi connectivity index (χ2n) is 15.4. The molecule has 2 radical (unpaired) electrons. The van der Waals surface area contributed by atoms with Gasteiger partial charge in [0.05, 0.1) is 0 Å². The molecule has 6 aromatic rings. The number of halogens is 2. The number of hydrogen-bond acceptors (Lipinski definition) is 0. The normalized spacial score (nSPS) is 11.3. The van der Waals surface area contributed by atoms with Crippen molar-refractivity contribution in [1.82, 2.24) is 0 Å². The molecule has 262 valence electrons. The first-order valence-corrected chi connectivity index (χ1v) is 26.1. The van der Waals surface area contributed by atoms with Crippen LogP contribution < -0.4 is 0 Å². The zero-order valence-electron chi connectivity index (χ0n) is 32.4. The quantitative estimate of drug-likeness (QED) is 0.123. The van der Waals surface area contributed by atoms with Gasteiger partial charge in [0.25, 0.3) is 0 Å². The van der Waals surface area contributed by atoms with E-state index in [1.165, 1.54) is 71.6 Å². The van der Waals surface area contributed by atoms with E-state index >= 15 is 0 Å². The Hall–Kier alpha value is -2.22. The molecule has 0 nitrogen and oxygen atoms in total. The molecule has 0 unspecified atom stereocenters. The topological polar surface area (TPSA) is 0 Å². The molecule has 0 aliphatic carbocycles. The summed E-state index contributed by atoms with van der Waals surface area (Å²) in [4.78, 5) is 0. The molecule has 0 heterocycles. The molecule has 0 saturated heterocycles. The summed E-state index contributed by atoms with van der Waals surface area (Å²) in [7, 11) is 11.0. The van der Waals surface area contributed by atoms with Crippen molar-refractivity contribution in [2.75, 3.05) is 0 Å². The number of aryl methyl sites for hydroxylation is 2. The number of fused-ring (bicyclic) bond motifs is 2. The third-order valence-corrected chi connectivity index (χ3v) is 9.16. The van der Waals surface area contributed by atoms with E-state index in [1.54, 1.807) is 0 Å². The molecule has 50 heavy (non-hydrogen) atoms. The van der Waals surface area contributed by atoms with Gasteiger partial charge in [0, 0.05) is 9.52 Å². The minimum atomic E-state index is -0.826. The Bertz CT molecular complexity index is 1910. The van der Waals surface area contributed by atoms with Crippen LogP contribution in [0.1, 0.15) is 96.0 Å². The van der Waals surface area contributed by atoms with Crippen molar-refractivity contribution in [2.24, 2.45) is 0 Å². The van der Waals surface area contributed by atoms with Gasteiger partial charge in [0.1, 0.15) is 0 Å². The van der Waals surface area contributed by atoms with Crippen LogP contribution in [0.3, 0.4) is 0 Å². The average molecular weight is 799 g/mol. The molecule has 0 aromatic heterocycles. The molecule has 0 spiro atoms. The van der Waals surface area contributed by atoms with E-state index in [0.717, 1.165) is 15.9 Å². The Balaban J connectivity index is 0.000000234. The van der Waals surface area contributed by atoms with Crippen molar-refractivity contribution >= 4 is 48.1 Å². The zero-order valence-corrected chi connectivity index (χ0v) is 37.3. The van der Waals surface area contributed by atoms with Crippen molar-refractivity contribution in [3.05, 3.63) is 131 Å². The van der Waals surface area contributed by atoms with Crippen LogP contribution in [0.5, 0.6) is 0 Å². The zero-order chi connectivity index (χ0) is 37.2. The van der Waals surface area contributed by atoms with Gasteiger partial charge < -0.3 is 0 Å². The van der Waals surface area contributed by atoms with Crippen LogP contribution in [-0.4, -0.2) is 9.52 Å². The molecule has 0 saturated carbocycles. The third-order valence-electron chi connectivity index (χ3n) is 9.16. The first-order chi connectivity index (χ1) is 23.6. The van der Waals surface area contributed by atoms with Crippen LogP contribution in [0.15, 0.2) is 103 Å². The van der Waals surface area contributed by atoms with Gasteiger partial charge in [0.15, 0.2) is 0 Å². The third kappa shape index (κ3) is 10.9. The van der Waals surface area contributed by atoms with Gasteiger partial charge >= 0.3 is 37.9 Å². The van der Waals surface area contributed by atoms with E-state index in [4.69, 9.17) is 17.0 Å². The molecule has 0 amide bonds. The summed E-state index contributed by atoms with van der Waals surface area (Å²) in [5.41, 5.74) is 12.8. The predicted molar refractivity (Wildman–Crippen MR) is 225 cm³/mol. The van der Waals surface area contributed by atoms with E-state index in [-0.39, 0.29) is 10.8 Å². The van der Waals surface area contributed by atoms with Crippen LogP contribution in [-0.2, 0) is 38.1 Å². The van der Waals surface area contributed by atoms with Gasteiger partial charge in [-0.1, -0.05) is 161 Å². The summed E-state index contributed by atoms with van der Waals surface area (Å²) in [6.45, 7) is 26.9. The number of hydrogen-bond donors (Lipinski definition) is 0. The molecular weight excluding hydrogens is 743 g/mol. The summed E-state index contributed by atoms with van der Waals surface area (Å²) < 4.78 is 0. The van der Waals surface area contributed by atoms with Gasteiger partial charge in [0.2, 0.25) is 0 Å². The number of benzene rings is 4. The minimum absolute atomic E-state index is 0.204. The molecule has 6 rings (SSSR count). The Morgan fingerprint density at radius 3 is 1.56 bits per heavy atom. The van der Waals surface area contributed by atoms with Crippen LogP contribution in [0.2, 0.25) is 13.1 Å². The van der Waals surface area contributed by atoms with Gasteiger partial charge in [-0.2, -0.15) is 11.6 Å². The van der Waals surface area contributed by atoms with E-state index in [0.29, 0.717) is 5.92 Å². The SMILES string of the molecule is CC(C)c1cc2c(-c3ccc(C(C)(C)C)cc3)cccc2[cH-]1.CCc1c(C)[cH-]c2cccc(-c3ccc(C(C)(C)C)cc3)c12.C[Si]C.[Cl][Zr+2][Cl]. The van der Waals surface area contributed by atoms with Gasteiger partial charge in [-0.15, -0.1) is 69.1 Å². The van der Waals surface area contributed by atoms with Crippen molar-refractivity contribution in [3.8, 4) is 22.3 Å². The van der Waals surface area contributed by atoms with Gasteiger partial charge in [-0.25, -0.2) is 0 Å². The first-order valence-electron chi connectivity index (χ1n) is 17.7. The fraction of sp³-hybridized carbons (Fsp3) is 0.348. The Kier molecular flexibility index (Phi) is 16.1. The summed E-state index contributed by atoms with van der Waals surface area (Å²) >= 11 is -0.826. The van der Waals surface area contributed by atoms with Crippen molar-refractivity contribution in [1.29, 1.82) is 0 Å². The molecule has 0 atom stereocenters. The average Bonchev–Trinajstić information content (AvgIpc) is 3.66. The van der Waals surface area contributed by atoms with E-state index < -0.39 is 20.8 Å². The molecule has 0 aliphatic heterocycles. The van der Waals surface area contributed by atoms with Gasteiger partial charge in [-0.3, -0.25) is 0 Å². The van der Waals surface area contributed by atoms with E-state index in [2.05, 4.69) is 185 Å². The predicted octanol–water partition coefficient (Wildman–Crippen LogP) is 15.2. The second kappa shape index (κ2) is 19.0. The Morgan fingerprint density at radius 2 is 1.12 bits per heavy atom. The van der Waals surface area contributed by atoms with Crippen molar-refractivity contribution in [2.45, 2.75) is 106 Å². The van der Waals surface area contributed by atoms with Gasteiger partial charge in [-0.05, 0) is 39.0 Å². The standard InChI is InChI=1S/2C22H25.C2H6Si.2ClH.Zr/c1-15(2)18-13-17-7-6-8-20(21(17)14-18)16-9-11-19(12-10-16)22(3,4)5;1-6-19-15(2)14-17-8-7-9-20(21(17)19)16-10-12-18(13-11-16)22(3,4)5;1-3-2;;;/h6-15H,1-5H3;7-14H,6H2,1-5H3;1-2H3;2*1H;/q2*-1;;;;+4/p-2. The Morgan fingerprint density at radius 1 is 0.680 bits per heavy atom. The van der Waals surface area contributed by atoms with Crippen LogP contribution in [0, 0.1) is 6.92 Å². The maximum atomic E-state index is 4.93. The maximum absolute atomic E-state index is 4.93. The molecular formula is C46H56Cl2SiZr. The van der Waals surface area contributed by atoms with Crippen LogP contribution >= 0.6 is 17.0 Å². The summed E-state index contributed by atoms with van der Waals surface area (Å²) in [6.07, 6.45) is 1.09. The summed E-state index contributed by atoms with van der Waals surface area (Å²) in [5.74, 6) is 0.573.